The van der Waals surface area contributed by atoms with E-state index in [1.807, 2.05) is 18.2 Å². The second-order valence-corrected chi connectivity index (χ2v) is 6.67. The number of rotatable bonds is 8. The third-order valence-electron chi connectivity index (χ3n) is 4.63. The number of hydrogen-bond donors (Lipinski definition) is 2. The zero-order chi connectivity index (χ0) is 18.4. The Morgan fingerprint density at radius 2 is 1.54 bits per heavy atom. The molecule has 0 spiro atoms. The quantitative estimate of drug-likeness (QED) is 0.716. The van der Waals surface area contributed by atoms with E-state index < -0.39 is 0 Å². The number of aryl methyl sites for hydroxylation is 1. The van der Waals surface area contributed by atoms with E-state index in [2.05, 4.69) is 22.8 Å². The maximum Gasteiger partial charge on any atom is 0.224 e. The van der Waals surface area contributed by atoms with Gasteiger partial charge in [0.05, 0.1) is 11.8 Å². The van der Waals surface area contributed by atoms with Crippen molar-refractivity contribution in [1.82, 2.24) is 10.6 Å². The van der Waals surface area contributed by atoms with E-state index in [-0.39, 0.29) is 29.5 Å². The van der Waals surface area contributed by atoms with Crippen LogP contribution in [0.3, 0.4) is 0 Å². The number of carbonyl (C=O) groups excluding carboxylic acids is 2. The average molecular weight is 354 g/mol. The molecule has 2 aromatic carbocycles. The summed E-state index contributed by atoms with van der Waals surface area (Å²) in [6, 6.07) is 16.2. The Kier molecular flexibility index (Phi) is 6.00. The van der Waals surface area contributed by atoms with Crippen molar-refractivity contribution in [2.24, 2.45) is 11.8 Å². The van der Waals surface area contributed by atoms with E-state index in [4.69, 9.17) is 0 Å². The summed E-state index contributed by atoms with van der Waals surface area (Å²) in [4.78, 5) is 24.2. The predicted molar refractivity (Wildman–Crippen MR) is 97.6 cm³/mol. The Bertz CT molecular complexity index is 746. The van der Waals surface area contributed by atoms with Crippen molar-refractivity contribution in [1.29, 1.82) is 0 Å². The van der Waals surface area contributed by atoms with Crippen LogP contribution in [0.1, 0.15) is 24.0 Å². The molecule has 2 amide bonds. The molecule has 1 aliphatic carbocycles. The van der Waals surface area contributed by atoms with Crippen LogP contribution in [0.25, 0.3) is 0 Å². The van der Waals surface area contributed by atoms with Gasteiger partial charge in [0.25, 0.3) is 0 Å². The van der Waals surface area contributed by atoms with Gasteiger partial charge in [0, 0.05) is 13.1 Å². The number of halogens is 1. The smallest absolute Gasteiger partial charge is 0.224 e. The van der Waals surface area contributed by atoms with Crippen molar-refractivity contribution in [3.05, 3.63) is 71.5 Å². The van der Waals surface area contributed by atoms with E-state index in [0.29, 0.717) is 19.5 Å². The molecule has 136 valence electrons. The Balaban J connectivity index is 1.33. The molecule has 0 heterocycles. The van der Waals surface area contributed by atoms with Gasteiger partial charge in [-0.3, -0.25) is 9.59 Å². The molecule has 1 saturated carbocycles. The van der Waals surface area contributed by atoms with Gasteiger partial charge in [-0.1, -0.05) is 42.5 Å². The van der Waals surface area contributed by atoms with E-state index >= 15 is 0 Å². The monoisotopic (exact) mass is 354 g/mol. The second-order valence-electron chi connectivity index (χ2n) is 6.67. The highest BCUT2D eigenvalue weighted by atomic mass is 19.1. The molecule has 2 N–H and O–H groups in total. The maximum absolute atomic E-state index is 12.9. The summed E-state index contributed by atoms with van der Waals surface area (Å²) in [6.45, 7) is 0.967. The van der Waals surface area contributed by atoms with E-state index in [9.17, 15) is 14.0 Å². The normalized spacial score (nSPS) is 18.2. The highest BCUT2D eigenvalue weighted by molar-refractivity contribution is 5.92. The van der Waals surface area contributed by atoms with Gasteiger partial charge >= 0.3 is 0 Å². The van der Waals surface area contributed by atoms with Gasteiger partial charge < -0.3 is 10.6 Å². The molecule has 3 rings (SSSR count). The molecular formula is C21H23FN2O2. The number of hydrogen-bond acceptors (Lipinski definition) is 2. The van der Waals surface area contributed by atoms with Crippen molar-refractivity contribution in [3.8, 4) is 0 Å². The molecule has 0 radical (unpaired) electrons. The highest BCUT2D eigenvalue weighted by Gasteiger charge is 2.47. The average Bonchev–Trinajstić information content (AvgIpc) is 3.46. The number of benzene rings is 2. The first kappa shape index (κ1) is 18.1. The maximum atomic E-state index is 12.9. The lowest BCUT2D eigenvalue weighted by Gasteiger charge is -2.06. The summed E-state index contributed by atoms with van der Waals surface area (Å²) in [5.41, 5.74) is 2.09. The molecule has 2 atom stereocenters. The Morgan fingerprint density at radius 3 is 2.23 bits per heavy atom. The molecule has 0 saturated heterocycles. The molecule has 2 unspecified atom stereocenters. The topological polar surface area (TPSA) is 58.2 Å². The van der Waals surface area contributed by atoms with Gasteiger partial charge in [-0.15, -0.1) is 0 Å². The van der Waals surface area contributed by atoms with Gasteiger partial charge in [0.2, 0.25) is 11.8 Å². The fraction of sp³-hybridized carbons (Fsp3) is 0.333. The SMILES string of the molecule is O=C(NCCCc1ccccc1)C1CC1C(=O)NCc1ccc(F)cc1. The van der Waals surface area contributed by atoms with Crippen LogP contribution in [0.4, 0.5) is 4.39 Å². The van der Waals surface area contributed by atoms with Crippen molar-refractivity contribution in [2.45, 2.75) is 25.8 Å². The number of nitrogens with one attached hydrogen (secondary N) is 2. The Morgan fingerprint density at radius 1 is 0.885 bits per heavy atom. The van der Waals surface area contributed by atoms with Gasteiger partial charge in [-0.05, 0) is 42.5 Å². The van der Waals surface area contributed by atoms with E-state index in [1.165, 1.54) is 17.7 Å². The largest absolute Gasteiger partial charge is 0.356 e. The van der Waals surface area contributed by atoms with Crippen molar-refractivity contribution < 1.29 is 14.0 Å². The van der Waals surface area contributed by atoms with Crippen molar-refractivity contribution in [3.63, 3.8) is 0 Å². The summed E-state index contributed by atoms with van der Waals surface area (Å²) >= 11 is 0. The fourth-order valence-corrected chi connectivity index (χ4v) is 2.98. The summed E-state index contributed by atoms with van der Waals surface area (Å²) in [6.07, 6.45) is 2.40. The molecule has 1 fully saturated rings. The third kappa shape index (κ3) is 5.15. The van der Waals surface area contributed by atoms with Crippen LogP contribution < -0.4 is 10.6 Å². The Labute approximate surface area is 152 Å². The first-order chi connectivity index (χ1) is 12.6. The Hall–Kier alpha value is -2.69. The fourth-order valence-electron chi connectivity index (χ4n) is 2.98. The van der Waals surface area contributed by atoms with Crippen LogP contribution in [-0.4, -0.2) is 18.4 Å². The standard InChI is InChI=1S/C21H23FN2O2/c22-17-10-8-16(9-11-17)14-24-21(26)19-13-18(19)20(25)23-12-4-7-15-5-2-1-3-6-15/h1-3,5-6,8-11,18-19H,4,7,12-14H2,(H,23,25)(H,24,26). The molecule has 2 aromatic rings. The summed E-state index contributed by atoms with van der Waals surface area (Å²) in [7, 11) is 0. The molecule has 4 nitrogen and oxygen atoms in total. The zero-order valence-corrected chi connectivity index (χ0v) is 14.6. The minimum atomic E-state index is -0.300. The number of carbonyl (C=O) groups is 2. The molecular weight excluding hydrogens is 331 g/mol. The lowest BCUT2D eigenvalue weighted by Crippen LogP contribution is -2.30. The van der Waals surface area contributed by atoms with Crippen LogP contribution in [0.5, 0.6) is 0 Å². The minimum absolute atomic E-state index is 0.0417. The second kappa shape index (κ2) is 8.61. The van der Waals surface area contributed by atoms with E-state index in [0.717, 1.165) is 18.4 Å². The lowest BCUT2D eigenvalue weighted by atomic mass is 10.1. The predicted octanol–water partition coefficient (Wildman–Crippen LogP) is 2.83. The first-order valence-corrected chi connectivity index (χ1v) is 8.97. The van der Waals surface area contributed by atoms with Crippen LogP contribution in [-0.2, 0) is 22.6 Å². The van der Waals surface area contributed by atoms with Gasteiger partial charge in [0.1, 0.15) is 5.82 Å². The van der Waals surface area contributed by atoms with Gasteiger partial charge in [-0.2, -0.15) is 0 Å². The van der Waals surface area contributed by atoms with Crippen LogP contribution >= 0.6 is 0 Å². The lowest BCUT2D eigenvalue weighted by molar-refractivity contribution is -0.127. The molecule has 0 aliphatic heterocycles. The molecule has 5 heteroatoms. The zero-order valence-electron chi connectivity index (χ0n) is 14.6. The summed E-state index contributed by atoms with van der Waals surface area (Å²) in [5, 5.41) is 5.73. The summed E-state index contributed by atoms with van der Waals surface area (Å²) < 4.78 is 12.9. The van der Waals surface area contributed by atoms with Crippen LogP contribution in [0, 0.1) is 17.7 Å². The van der Waals surface area contributed by atoms with Gasteiger partial charge in [0.15, 0.2) is 0 Å². The van der Waals surface area contributed by atoms with Crippen LogP contribution in [0.2, 0.25) is 0 Å². The van der Waals surface area contributed by atoms with Crippen molar-refractivity contribution >= 4 is 11.8 Å². The highest BCUT2D eigenvalue weighted by Crippen LogP contribution is 2.38. The molecule has 0 aromatic heterocycles. The van der Waals surface area contributed by atoms with E-state index in [1.54, 1.807) is 12.1 Å². The van der Waals surface area contributed by atoms with Crippen LogP contribution in [0.15, 0.2) is 54.6 Å². The third-order valence-corrected chi connectivity index (χ3v) is 4.63. The summed E-state index contributed by atoms with van der Waals surface area (Å²) in [5.74, 6) is -0.922. The number of amides is 2. The molecule has 26 heavy (non-hydrogen) atoms. The molecule has 0 bridgehead atoms. The minimum Gasteiger partial charge on any atom is -0.356 e. The first-order valence-electron chi connectivity index (χ1n) is 8.97. The van der Waals surface area contributed by atoms with Gasteiger partial charge in [-0.25, -0.2) is 4.39 Å². The van der Waals surface area contributed by atoms with Crippen molar-refractivity contribution in [2.75, 3.05) is 6.54 Å². The molecule has 1 aliphatic rings.